The molecule has 0 fully saturated rings. The molecule has 1 aromatic carbocycles. The number of halogens is 1. The van der Waals surface area contributed by atoms with Crippen LogP contribution in [0.15, 0.2) is 41.3 Å². The van der Waals surface area contributed by atoms with Crippen LogP contribution in [0.5, 0.6) is 0 Å². The average molecular weight is 312 g/mol. The summed E-state index contributed by atoms with van der Waals surface area (Å²) in [6.45, 7) is 2.00. The lowest BCUT2D eigenvalue weighted by atomic mass is 10.1. The highest BCUT2D eigenvalue weighted by molar-refractivity contribution is 8.00. The van der Waals surface area contributed by atoms with E-state index in [-0.39, 0.29) is 29.7 Å². The quantitative estimate of drug-likeness (QED) is 0.649. The molecule has 1 aliphatic rings. The van der Waals surface area contributed by atoms with Crippen molar-refractivity contribution in [3.05, 3.63) is 41.4 Å². The van der Waals surface area contributed by atoms with Crippen molar-refractivity contribution in [2.75, 3.05) is 6.61 Å². The van der Waals surface area contributed by atoms with E-state index in [9.17, 15) is 4.79 Å². The fraction of sp³-hybridized carbons (Fsp3) is 0.400. The molecule has 0 radical (unpaired) electrons. The van der Waals surface area contributed by atoms with Crippen LogP contribution in [0.4, 0.5) is 0 Å². The molecule has 2 N–H and O–H groups in total. The Hall–Kier alpha value is -0.970. The van der Waals surface area contributed by atoms with Gasteiger partial charge in [0.05, 0.1) is 10.3 Å². The van der Waals surface area contributed by atoms with Crippen LogP contribution in [-0.4, -0.2) is 28.9 Å². The first-order valence-corrected chi connectivity index (χ1v) is 7.86. The Morgan fingerprint density at radius 3 is 2.90 bits per heavy atom. The molecule has 0 saturated heterocycles. The normalized spacial score (nSPS) is 22.8. The largest absolute Gasteiger partial charge is 0.396 e. The van der Waals surface area contributed by atoms with Crippen LogP contribution in [-0.2, 0) is 4.79 Å². The maximum atomic E-state index is 12.1. The zero-order chi connectivity index (χ0) is 14.5. The van der Waals surface area contributed by atoms with Gasteiger partial charge in [0.25, 0.3) is 0 Å². The summed E-state index contributed by atoms with van der Waals surface area (Å²) in [5, 5.41) is 12.5. The van der Waals surface area contributed by atoms with Crippen LogP contribution >= 0.6 is 23.4 Å². The van der Waals surface area contributed by atoms with Crippen LogP contribution in [0.25, 0.3) is 0 Å². The Morgan fingerprint density at radius 1 is 1.50 bits per heavy atom. The molecule has 0 saturated carbocycles. The standard InChI is InChI=1S/C15H18ClNO2S/c1-10(20-14-5-3-2-4-13(14)16)15(19)17-12-7-6-11(8-12)9-18/h2-7,10-12,18H,8-9H2,1H3,(H,17,19)/t10?,11-,12+/m0/s1. The number of hydrogen-bond acceptors (Lipinski definition) is 3. The smallest absolute Gasteiger partial charge is 0.233 e. The second kappa shape index (κ2) is 7.16. The number of amides is 1. The second-order valence-electron chi connectivity index (χ2n) is 4.87. The van der Waals surface area contributed by atoms with Crippen molar-refractivity contribution in [2.24, 2.45) is 5.92 Å². The number of benzene rings is 1. The van der Waals surface area contributed by atoms with Gasteiger partial charge in [0, 0.05) is 23.5 Å². The molecule has 1 aromatic rings. The van der Waals surface area contributed by atoms with Crippen molar-refractivity contribution >= 4 is 29.3 Å². The van der Waals surface area contributed by atoms with Crippen molar-refractivity contribution in [3.63, 3.8) is 0 Å². The predicted octanol–water partition coefficient (Wildman–Crippen LogP) is 2.87. The van der Waals surface area contributed by atoms with Crippen molar-refractivity contribution in [1.29, 1.82) is 0 Å². The monoisotopic (exact) mass is 311 g/mol. The fourth-order valence-electron chi connectivity index (χ4n) is 2.10. The molecule has 5 heteroatoms. The second-order valence-corrected chi connectivity index (χ2v) is 6.66. The maximum Gasteiger partial charge on any atom is 0.233 e. The molecule has 0 spiro atoms. The maximum absolute atomic E-state index is 12.1. The zero-order valence-electron chi connectivity index (χ0n) is 11.3. The van der Waals surface area contributed by atoms with E-state index >= 15 is 0 Å². The number of hydrogen-bond donors (Lipinski definition) is 2. The van der Waals surface area contributed by atoms with Crippen molar-refractivity contribution in [3.8, 4) is 0 Å². The number of thioether (sulfide) groups is 1. The molecule has 108 valence electrons. The molecule has 1 aliphatic carbocycles. The molecule has 0 heterocycles. The number of carbonyl (C=O) groups is 1. The topological polar surface area (TPSA) is 49.3 Å². The van der Waals surface area contributed by atoms with Crippen LogP contribution in [0.3, 0.4) is 0 Å². The van der Waals surface area contributed by atoms with Gasteiger partial charge in [-0.3, -0.25) is 4.79 Å². The molecule has 2 rings (SSSR count). The van der Waals surface area contributed by atoms with E-state index < -0.39 is 0 Å². The van der Waals surface area contributed by atoms with Gasteiger partial charge >= 0.3 is 0 Å². The number of rotatable bonds is 5. The SMILES string of the molecule is CC(Sc1ccccc1Cl)C(=O)N[C@@H]1C=C[C@H](CO)C1. The predicted molar refractivity (Wildman–Crippen MR) is 83.0 cm³/mol. The average Bonchev–Trinajstić information content (AvgIpc) is 2.89. The van der Waals surface area contributed by atoms with E-state index in [1.54, 1.807) is 0 Å². The summed E-state index contributed by atoms with van der Waals surface area (Å²) in [6.07, 6.45) is 4.67. The third-order valence-electron chi connectivity index (χ3n) is 3.24. The summed E-state index contributed by atoms with van der Waals surface area (Å²) in [7, 11) is 0. The van der Waals surface area contributed by atoms with E-state index in [0.717, 1.165) is 11.3 Å². The molecule has 3 atom stereocenters. The minimum Gasteiger partial charge on any atom is -0.396 e. The number of nitrogens with one attached hydrogen (secondary N) is 1. The molecule has 1 unspecified atom stereocenters. The Morgan fingerprint density at radius 2 is 2.25 bits per heavy atom. The first kappa shape index (κ1) is 15.4. The van der Waals surface area contributed by atoms with Gasteiger partial charge in [0.2, 0.25) is 5.91 Å². The Bertz CT molecular complexity index is 506. The van der Waals surface area contributed by atoms with Gasteiger partial charge in [-0.1, -0.05) is 35.9 Å². The van der Waals surface area contributed by atoms with Crippen molar-refractivity contribution in [2.45, 2.75) is 29.5 Å². The summed E-state index contributed by atoms with van der Waals surface area (Å²) in [4.78, 5) is 13.0. The van der Waals surface area contributed by atoms with Gasteiger partial charge in [-0.15, -0.1) is 11.8 Å². The molecule has 0 aromatic heterocycles. The van der Waals surface area contributed by atoms with E-state index in [1.165, 1.54) is 11.8 Å². The van der Waals surface area contributed by atoms with Gasteiger partial charge < -0.3 is 10.4 Å². The fourth-order valence-corrected chi connectivity index (χ4v) is 3.26. The number of aliphatic hydroxyl groups excluding tert-OH is 1. The highest BCUT2D eigenvalue weighted by Crippen LogP contribution is 2.30. The highest BCUT2D eigenvalue weighted by atomic mass is 35.5. The third kappa shape index (κ3) is 4.01. The molecular weight excluding hydrogens is 294 g/mol. The van der Waals surface area contributed by atoms with Gasteiger partial charge in [-0.2, -0.15) is 0 Å². The minimum atomic E-state index is -0.212. The van der Waals surface area contributed by atoms with Crippen LogP contribution < -0.4 is 5.32 Å². The summed E-state index contributed by atoms with van der Waals surface area (Å²) >= 11 is 7.54. The summed E-state index contributed by atoms with van der Waals surface area (Å²) in [5.74, 6) is 0.148. The van der Waals surface area contributed by atoms with E-state index in [1.807, 2.05) is 43.3 Å². The summed E-state index contributed by atoms with van der Waals surface area (Å²) < 4.78 is 0. The lowest BCUT2D eigenvalue weighted by Crippen LogP contribution is -2.37. The first-order chi connectivity index (χ1) is 9.60. The lowest BCUT2D eigenvalue weighted by Gasteiger charge is -2.17. The number of carbonyl (C=O) groups excluding carboxylic acids is 1. The summed E-state index contributed by atoms with van der Waals surface area (Å²) in [6, 6.07) is 7.53. The van der Waals surface area contributed by atoms with Gasteiger partial charge in [0.1, 0.15) is 0 Å². The highest BCUT2D eigenvalue weighted by Gasteiger charge is 2.22. The van der Waals surface area contributed by atoms with Crippen LogP contribution in [0, 0.1) is 5.92 Å². The van der Waals surface area contributed by atoms with Crippen molar-refractivity contribution in [1.82, 2.24) is 5.32 Å². The number of aliphatic hydroxyl groups is 1. The third-order valence-corrected chi connectivity index (χ3v) is 4.86. The molecule has 1 amide bonds. The van der Waals surface area contributed by atoms with Gasteiger partial charge in [-0.25, -0.2) is 0 Å². The first-order valence-electron chi connectivity index (χ1n) is 6.61. The molecular formula is C15H18ClNO2S. The van der Waals surface area contributed by atoms with Crippen LogP contribution in [0.1, 0.15) is 13.3 Å². The van der Waals surface area contributed by atoms with Crippen molar-refractivity contribution < 1.29 is 9.90 Å². The molecule has 20 heavy (non-hydrogen) atoms. The van der Waals surface area contributed by atoms with E-state index in [4.69, 9.17) is 16.7 Å². The van der Waals surface area contributed by atoms with E-state index in [2.05, 4.69) is 5.32 Å². The Balaban J connectivity index is 1.87. The molecule has 0 aliphatic heterocycles. The van der Waals surface area contributed by atoms with Gasteiger partial charge in [0.15, 0.2) is 0 Å². The lowest BCUT2D eigenvalue weighted by molar-refractivity contribution is -0.120. The Labute approximate surface area is 128 Å². The molecule has 3 nitrogen and oxygen atoms in total. The Kier molecular flexibility index (Phi) is 5.52. The zero-order valence-corrected chi connectivity index (χ0v) is 12.8. The summed E-state index contributed by atoms with van der Waals surface area (Å²) in [5.41, 5.74) is 0. The van der Waals surface area contributed by atoms with E-state index in [0.29, 0.717) is 5.02 Å². The minimum absolute atomic E-state index is 0.0110. The molecule has 0 bridgehead atoms. The van der Waals surface area contributed by atoms with Gasteiger partial charge in [-0.05, 0) is 25.5 Å². The van der Waals surface area contributed by atoms with Crippen LogP contribution in [0.2, 0.25) is 5.02 Å².